The van der Waals surface area contributed by atoms with Crippen molar-refractivity contribution in [1.29, 1.82) is 0 Å². The quantitative estimate of drug-likeness (QED) is 0.251. The number of nitrogens with one attached hydrogen (secondary N) is 1. The highest BCUT2D eigenvalue weighted by Gasteiger charge is 2.29. The van der Waals surface area contributed by atoms with Crippen LogP contribution in [0.2, 0.25) is 0 Å². The van der Waals surface area contributed by atoms with E-state index < -0.39 is 18.5 Å². The number of carbonyl (C=O) groups excluding carboxylic acids is 2. The molecule has 40 heavy (non-hydrogen) atoms. The molecular formula is C32H33NO6S. The average Bonchev–Trinajstić information content (AvgIpc) is 3.24. The molecular weight excluding hydrogens is 526 g/mol. The third kappa shape index (κ3) is 5.41. The van der Waals surface area contributed by atoms with Crippen LogP contribution in [0.1, 0.15) is 57.8 Å². The van der Waals surface area contributed by atoms with Gasteiger partial charge in [-0.25, -0.2) is 4.79 Å². The number of rotatable bonds is 7. The van der Waals surface area contributed by atoms with Gasteiger partial charge in [0, 0.05) is 10.4 Å². The molecule has 2 heterocycles. The summed E-state index contributed by atoms with van der Waals surface area (Å²) in [5.41, 5.74) is 4.99. The number of esters is 1. The number of carbonyl (C=O) groups is 2. The van der Waals surface area contributed by atoms with Gasteiger partial charge in [0.15, 0.2) is 12.4 Å². The highest BCUT2D eigenvalue weighted by molar-refractivity contribution is 7.17. The minimum Gasteiger partial charge on any atom is -0.476 e. The van der Waals surface area contributed by atoms with Gasteiger partial charge < -0.3 is 19.2 Å². The maximum atomic E-state index is 13.7. The summed E-state index contributed by atoms with van der Waals surface area (Å²) in [7, 11) is 0. The number of hydrogen-bond acceptors (Lipinski definition) is 7. The largest absolute Gasteiger partial charge is 0.476 e. The molecule has 1 amide bonds. The number of thiophene rings is 1. The third-order valence-corrected chi connectivity index (χ3v) is 8.37. The summed E-state index contributed by atoms with van der Waals surface area (Å²) in [6, 6.07) is 11.3. The molecule has 4 aromatic rings. The summed E-state index contributed by atoms with van der Waals surface area (Å²) < 4.78 is 17.5. The second-order valence-electron chi connectivity index (χ2n) is 10.5. The summed E-state index contributed by atoms with van der Waals surface area (Å²) >= 11 is 1.41. The summed E-state index contributed by atoms with van der Waals surface area (Å²) in [6.07, 6.45) is 2.60. The molecule has 2 aromatic heterocycles. The molecule has 1 N–H and O–H groups in total. The van der Waals surface area contributed by atoms with E-state index in [0.29, 0.717) is 33.0 Å². The Kier molecular flexibility index (Phi) is 7.81. The molecule has 1 aliphatic carbocycles. The van der Waals surface area contributed by atoms with E-state index >= 15 is 0 Å². The van der Waals surface area contributed by atoms with E-state index in [1.165, 1.54) is 11.3 Å². The Hall–Kier alpha value is -3.91. The first-order valence-electron chi connectivity index (χ1n) is 13.6. The summed E-state index contributed by atoms with van der Waals surface area (Å²) in [5.74, 6) is -0.167. The van der Waals surface area contributed by atoms with Crippen LogP contribution in [0.3, 0.4) is 0 Å². The van der Waals surface area contributed by atoms with E-state index in [1.54, 1.807) is 6.92 Å². The van der Waals surface area contributed by atoms with Crippen LogP contribution in [0, 0.1) is 26.7 Å². The molecule has 1 atom stereocenters. The van der Waals surface area contributed by atoms with Gasteiger partial charge in [0.25, 0.3) is 5.91 Å². The number of anilines is 1. The Morgan fingerprint density at radius 3 is 2.58 bits per heavy atom. The van der Waals surface area contributed by atoms with Crippen molar-refractivity contribution in [1.82, 2.24) is 0 Å². The molecule has 0 spiro atoms. The van der Waals surface area contributed by atoms with Crippen LogP contribution >= 0.6 is 11.3 Å². The van der Waals surface area contributed by atoms with Crippen LogP contribution in [0.4, 0.5) is 5.00 Å². The van der Waals surface area contributed by atoms with E-state index in [-0.39, 0.29) is 23.5 Å². The van der Waals surface area contributed by atoms with Crippen LogP contribution in [0.5, 0.6) is 5.75 Å². The molecule has 2 aromatic carbocycles. The topological polar surface area (TPSA) is 94.8 Å². The van der Waals surface area contributed by atoms with E-state index in [2.05, 4.69) is 12.2 Å². The molecule has 0 fully saturated rings. The highest BCUT2D eigenvalue weighted by atomic mass is 32.1. The second kappa shape index (κ2) is 11.3. The van der Waals surface area contributed by atoms with Crippen molar-refractivity contribution in [3.63, 3.8) is 0 Å². The number of ether oxygens (including phenoxy) is 2. The van der Waals surface area contributed by atoms with Crippen LogP contribution < -0.4 is 15.5 Å². The third-order valence-electron chi connectivity index (χ3n) is 7.20. The number of aryl methyl sites for hydroxylation is 3. The lowest BCUT2D eigenvalue weighted by Crippen LogP contribution is -2.23. The van der Waals surface area contributed by atoms with Gasteiger partial charge in [0.1, 0.15) is 10.6 Å². The standard InChI is InChI=1S/C32H33NO6S/c1-6-37-32(36)27-22-12-9-18(3)15-24(22)40-31(27)33-25(34)16-38-30-28(35)26-20(5)13-19(4)14-23(26)39-29(30)21-10-7-17(2)8-11-21/h7-8,10-11,13-14,18H,6,9,12,15-16H2,1-5H3,(H,33,34). The van der Waals surface area contributed by atoms with E-state index in [0.717, 1.165) is 46.4 Å². The molecule has 1 unspecified atom stereocenters. The molecule has 0 aliphatic heterocycles. The van der Waals surface area contributed by atoms with Gasteiger partial charge in [-0.2, -0.15) is 0 Å². The van der Waals surface area contributed by atoms with Crippen LogP contribution in [-0.2, 0) is 22.4 Å². The highest BCUT2D eigenvalue weighted by Crippen LogP contribution is 2.40. The monoisotopic (exact) mass is 559 g/mol. The molecule has 1 aliphatic rings. The Morgan fingerprint density at radius 1 is 1.10 bits per heavy atom. The van der Waals surface area contributed by atoms with E-state index in [1.807, 2.05) is 57.2 Å². The van der Waals surface area contributed by atoms with Gasteiger partial charge in [-0.1, -0.05) is 42.8 Å². The molecule has 5 rings (SSSR count). The van der Waals surface area contributed by atoms with E-state index in [4.69, 9.17) is 13.9 Å². The van der Waals surface area contributed by atoms with Gasteiger partial charge in [-0.15, -0.1) is 11.3 Å². The smallest absolute Gasteiger partial charge is 0.341 e. The van der Waals surface area contributed by atoms with Crippen molar-refractivity contribution < 1.29 is 23.5 Å². The SMILES string of the molecule is CCOC(=O)c1c(NC(=O)COc2c(-c3ccc(C)cc3)oc3cc(C)cc(C)c3c2=O)sc2c1CCC(C)C2. The molecule has 0 radical (unpaired) electrons. The fraction of sp³-hybridized carbons (Fsp3) is 0.344. The number of benzene rings is 2. The number of amides is 1. The summed E-state index contributed by atoms with van der Waals surface area (Å²) in [6.45, 7) is 9.53. The Balaban J connectivity index is 1.48. The molecule has 0 saturated heterocycles. The first kappa shape index (κ1) is 27.6. The van der Waals surface area contributed by atoms with Crippen molar-refractivity contribution in [2.24, 2.45) is 5.92 Å². The predicted molar refractivity (Wildman–Crippen MR) is 158 cm³/mol. The molecule has 208 valence electrons. The van der Waals surface area contributed by atoms with Crippen molar-refractivity contribution in [3.05, 3.63) is 79.3 Å². The molecule has 0 saturated carbocycles. The van der Waals surface area contributed by atoms with Crippen molar-refractivity contribution in [3.8, 4) is 17.1 Å². The first-order valence-corrected chi connectivity index (χ1v) is 14.4. The van der Waals surface area contributed by atoms with Crippen LogP contribution in [0.15, 0.2) is 45.6 Å². The van der Waals surface area contributed by atoms with Crippen molar-refractivity contribution in [2.45, 2.75) is 53.9 Å². The molecule has 7 nitrogen and oxygen atoms in total. The Morgan fingerprint density at radius 2 is 1.85 bits per heavy atom. The Bertz CT molecular complexity index is 1660. The fourth-order valence-electron chi connectivity index (χ4n) is 5.26. The normalized spacial score (nSPS) is 14.6. The Labute approximate surface area is 237 Å². The summed E-state index contributed by atoms with van der Waals surface area (Å²) in [5, 5.41) is 3.73. The van der Waals surface area contributed by atoms with Gasteiger partial charge in [-0.3, -0.25) is 9.59 Å². The molecule has 8 heteroatoms. The lowest BCUT2D eigenvalue weighted by molar-refractivity contribution is -0.118. The second-order valence-corrected chi connectivity index (χ2v) is 11.6. The molecule has 0 bridgehead atoms. The van der Waals surface area contributed by atoms with Crippen LogP contribution in [0.25, 0.3) is 22.3 Å². The zero-order valence-corrected chi connectivity index (χ0v) is 24.3. The average molecular weight is 560 g/mol. The maximum Gasteiger partial charge on any atom is 0.341 e. The van der Waals surface area contributed by atoms with Gasteiger partial charge >= 0.3 is 5.97 Å². The lowest BCUT2D eigenvalue weighted by Gasteiger charge is -2.18. The minimum absolute atomic E-state index is 0.0247. The maximum absolute atomic E-state index is 13.7. The van der Waals surface area contributed by atoms with Crippen LogP contribution in [-0.4, -0.2) is 25.1 Å². The predicted octanol–water partition coefficient (Wildman–Crippen LogP) is 6.77. The van der Waals surface area contributed by atoms with E-state index in [9.17, 15) is 14.4 Å². The summed E-state index contributed by atoms with van der Waals surface area (Å²) in [4.78, 5) is 40.8. The fourth-order valence-corrected chi connectivity index (χ4v) is 6.67. The van der Waals surface area contributed by atoms with Gasteiger partial charge in [0.05, 0.1) is 17.6 Å². The number of hydrogen-bond donors (Lipinski definition) is 1. The minimum atomic E-state index is -0.479. The number of fused-ring (bicyclic) bond motifs is 2. The van der Waals surface area contributed by atoms with Gasteiger partial charge in [-0.05, 0) is 75.6 Å². The first-order chi connectivity index (χ1) is 19.2. The van der Waals surface area contributed by atoms with Crippen molar-refractivity contribution >= 4 is 39.2 Å². The van der Waals surface area contributed by atoms with Gasteiger partial charge in [0.2, 0.25) is 11.2 Å². The zero-order chi connectivity index (χ0) is 28.6. The van der Waals surface area contributed by atoms with Crippen molar-refractivity contribution in [2.75, 3.05) is 18.5 Å². The zero-order valence-electron chi connectivity index (χ0n) is 23.4. The lowest BCUT2D eigenvalue weighted by atomic mass is 9.88.